The van der Waals surface area contributed by atoms with Crippen LogP contribution in [0.2, 0.25) is 0 Å². The van der Waals surface area contributed by atoms with Gasteiger partial charge in [-0.3, -0.25) is 0 Å². The van der Waals surface area contributed by atoms with E-state index in [4.69, 9.17) is 5.11 Å². The lowest BCUT2D eigenvalue weighted by Gasteiger charge is -2.07. The van der Waals surface area contributed by atoms with Crippen molar-refractivity contribution >= 4 is 12.1 Å². The second-order valence-corrected chi connectivity index (χ2v) is 2.52. The lowest BCUT2D eigenvalue weighted by atomic mass is 10.2. The largest absolute Gasteiger partial charge is 0.513 e. The molecule has 0 amide bonds. The maximum Gasteiger partial charge on any atom is 0.513 e. The number of hydrogen-bond donors (Lipinski definition) is 2. The van der Waals surface area contributed by atoms with Crippen LogP contribution in [0.15, 0.2) is 18.2 Å². The number of aromatic carboxylic acids is 1. The molecule has 6 nitrogen and oxygen atoms in total. The maximum absolute atomic E-state index is 10.8. The number of aromatic hydroxyl groups is 1. The highest BCUT2D eigenvalue weighted by Gasteiger charge is 2.18. The van der Waals surface area contributed by atoms with Gasteiger partial charge < -0.3 is 19.7 Å². The number of methoxy groups -OCH3 is 1. The summed E-state index contributed by atoms with van der Waals surface area (Å²) in [6.45, 7) is 0. The van der Waals surface area contributed by atoms with Gasteiger partial charge in [-0.15, -0.1) is 0 Å². The number of benzene rings is 1. The Labute approximate surface area is 84.7 Å². The second-order valence-electron chi connectivity index (χ2n) is 2.52. The van der Waals surface area contributed by atoms with E-state index in [1.165, 1.54) is 18.2 Å². The first-order valence-electron chi connectivity index (χ1n) is 3.87. The number of rotatable bonds is 2. The quantitative estimate of drug-likeness (QED) is 0.565. The van der Waals surface area contributed by atoms with Gasteiger partial charge in [-0.05, 0) is 12.1 Å². The van der Waals surface area contributed by atoms with Gasteiger partial charge in [0, 0.05) is 0 Å². The van der Waals surface area contributed by atoms with Crippen LogP contribution in [0.25, 0.3) is 0 Å². The van der Waals surface area contributed by atoms with Crippen molar-refractivity contribution in [3.63, 3.8) is 0 Å². The number of hydrogen-bond acceptors (Lipinski definition) is 5. The molecule has 2 N–H and O–H groups in total. The summed E-state index contributed by atoms with van der Waals surface area (Å²) in [7, 11) is 1.07. The second kappa shape index (κ2) is 4.32. The molecule has 0 saturated heterocycles. The SMILES string of the molecule is COC(=O)Oc1c(O)cccc1C(=O)O. The lowest BCUT2D eigenvalue weighted by molar-refractivity contribution is 0.0690. The van der Waals surface area contributed by atoms with Crippen LogP contribution < -0.4 is 4.74 Å². The van der Waals surface area contributed by atoms with Gasteiger partial charge in [0.25, 0.3) is 0 Å². The van der Waals surface area contributed by atoms with Gasteiger partial charge in [0.15, 0.2) is 11.5 Å². The molecule has 0 aromatic heterocycles. The van der Waals surface area contributed by atoms with Crippen LogP contribution in [-0.2, 0) is 4.74 Å². The van der Waals surface area contributed by atoms with E-state index in [1.807, 2.05) is 0 Å². The van der Waals surface area contributed by atoms with Crippen molar-refractivity contribution in [1.29, 1.82) is 0 Å². The van der Waals surface area contributed by atoms with E-state index in [2.05, 4.69) is 9.47 Å². The summed E-state index contributed by atoms with van der Waals surface area (Å²) in [4.78, 5) is 21.5. The predicted octanol–water partition coefficient (Wildman–Crippen LogP) is 1.24. The third kappa shape index (κ3) is 2.37. The van der Waals surface area contributed by atoms with Gasteiger partial charge in [0.2, 0.25) is 0 Å². The number of carboxylic acids is 1. The zero-order valence-electron chi connectivity index (χ0n) is 7.76. The molecular formula is C9H8O6. The van der Waals surface area contributed by atoms with Gasteiger partial charge in [-0.25, -0.2) is 9.59 Å². The molecule has 0 unspecified atom stereocenters. The number of phenolic OH excluding ortho intramolecular Hbond substituents is 1. The standard InChI is InChI=1S/C9H8O6/c1-14-9(13)15-7-5(8(11)12)3-2-4-6(7)10/h2-4,10H,1H3,(H,11,12). The summed E-state index contributed by atoms with van der Waals surface area (Å²) < 4.78 is 8.67. The smallest absolute Gasteiger partial charge is 0.504 e. The summed E-state index contributed by atoms with van der Waals surface area (Å²) in [5.74, 6) is -2.19. The molecule has 0 heterocycles. The predicted molar refractivity (Wildman–Crippen MR) is 48.1 cm³/mol. The lowest BCUT2D eigenvalue weighted by Crippen LogP contribution is -2.10. The van der Waals surface area contributed by atoms with E-state index < -0.39 is 23.6 Å². The van der Waals surface area contributed by atoms with E-state index in [1.54, 1.807) is 0 Å². The van der Waals surface area contributed by atoms with Crippen LogP contribution in [0.3, 0.4) is 0 Å². The summed E-state index contributed by atoms with van der Waals surface area (Å²) >= 11 is 0. The highest BCUT2D eigenvalue weighted by molar-refractivity contribution is 5.92. The highest BCUT2D eigenvalue weighted by Crippen LogP contribution is 2.30. The van der Waals surface area contributed by atoms with Crippen LogP contribution in [0.1, 0.15) is 10.4 Å². The van der Waals surface area contributed by atoms with Crippen molar-refractivity contribution in [3.8, 4) is 11.5 Å². The average molecular weight is 212 g/mol. The monoisotopic (exact) mass is 212 g/mol. The zero-order chi connectivity index (χ0) is 11.4. The van der Waals surface area contributed by atoms with E-state index in [0.717, 1.165) is 7.11 Å². The minimum absolute atomic E-state index is 0.319. The normalized spacial score (nSPS) is 9.40. The van der Waals surface area contributed by atoms with Crippen LogP contribution in [0, 0.1) is 0 Å². The summed E-state index contributed by atoms with van der Waals surface area (Å²) in [6.07, 6.45) is -1.10. The number of para-hydroxylation sites is 1. The third-order valence-electron chi connectivity index (χ3n) is 1.58. The van der Waals surface area contributed by atoms with Crippen LogP contribution in [-0.4, -0.2) is 29.4 Å². The topological polar surface area (TPSA) is 93.1 Å². The first-order chi connectivity index (χ1) is 7.06. The molecule has 15 heavy (non-hydrogen) atoms. The van der Waals surface area contributed by atoms with Gasteiger partial charge in [0.1, 0.15) is 5.56 Å². The highest BCUT2D eigenvalue weighted by atomic mass is 16.7. The zero-order valence-corrected chi connectivity index (χ0v) is 7.76. The fourth-order valence-electron chi connectivity index (χ4n) is 0.926. The van der Waals surface area contributed by atoms with E-state index in [9.17, 15) is 14.7 Å². The number of carboxylic acid groups (broad SMARTS) is 1. The molecule has 1 aromatic rings. The molecule has 80 valence electrons. The van der Waals surface area contributed by atoms with Crippen molar-refractivity contribution in [2.24, 2.45) is 0 Å². The average Bonchev–Trinajstić information content (AvgIpc) is 2.20. The molecule has 6 heteroatoms. The molecule has 1 aromatic carbocycles. The van der Waals surface area contributed by atoms with Crippen LogP contribution >= 0.6 is 0 Å². The minimum atomic E-state index is -1.31. The number of ether oxygens (including phenoxy) is 2. The molecule has 0 spiro atoms. The van der Waals surface area contributed by atoms with Gasteiger partial charge in [0.05, 0.1) is 7.11 Å². The van der Waals surface area contributed by atoms with Crippen LogP contribution in [0.5, 0.6) is 11.5 Å². The van der Waals surface area contributed by atoms with Crippen molar-refractivity contribution in [2.75, 3.05) is 7.11 Å². The molecule has 0 radical (unpaired) electrons. The Balaban J connectivity index is 3.13. The first kappa shape index (κ1) is 10.8. The molecule has 0 fully saturated rings. The molecule has 0 saturated carbocycles. The van der Waals surface area contributed by atoms with Crippen molar-refractivity contribution in [3.05, 3.63) is 23.8 Å². The number of phenols is 1. The molecule has 1 rings (SSSR count). The summed E-state index contributed by atoms with van der Waals surface area (Å²) in [6, 6.07) is 3.72. The molecule has 0 aliphatic carbocycles. The van der Waals surface area contributed by atoms with Gasteiger partial charge in [-0.2, -0.15) is 0 Å². The first-order valence-corrected chi connectivity index (χ1v) is 3.87. The van der Waals surface area contributed by atoms with Crippen molar-refractivity contribution < 1.29 is 29.3 Å². The Morgan fingerprint density at radius 2 is 2.00 bits per heavy atom. The van der Waals surface area contributed by atoms with E-state index in [-0.39, 0.29) is 5.56 Å². The van der Waals surface area contributed by atoms with E-state index >= 15 is 0 Å². The molecule has 0 atom stereocenters. The Morgan fingerprint density at radius 3 is 2.53 bits per heavy atom. The fourth-order valence-corrected chi connectivity index (χ4v) is 0.926. The summed E-state index contributed by atoms with van der Waals surface area (Å²) in [5, 5.41) is 18.0. The molecule has 0 bridgehead atoms. The number of carbonyl (C=O) groups is 2. The Hall–Kier alpha value is -2.24. The van der Waals surface area contributed by atoms with Gasteiger partial charge >= 0.3 is 12.1 Å². The van der Waals surface area contributed by atoms with Crippen LogP contribution in [0.4, 0.5) is 4.79 Å². The third-order valence-corrected chi connectivity index (χ3v) is 1.58. The molecular weight excluding hydrogens is 204 g/mol. The number of carbonyl (C=O) groups excluding carboxylic acids is 1. The van der Waals surface area contributed by atoms with Crippen molar-refractivity contribution in [2.45, 2.75) is 0 Å². The summed E-state index contributed by atoms with van der Waals surface area (Å²) in [5.41, 5.74) is -0.319. The van der Waals surface area contributed by atoms with Crippen molar-refractivity contribution in [1.82, 2.24) is 0 Å². The Kier molecular flexibility index (Phi) is 3.12. The minimum Gasteiger partial charge on any atom is -0.504 e. The molecule has 0 aliphatic heterocycles. The Bertz CT molecular complexity index is 398. The maximum atomic E-state index is 10.8. The Morgan fingerprint density at radius 1 is 1.33 bits per heavy atom. The fraction of sp³-hybridized carbons (Fsp3) is 0.111. The van der Waals surface area contributed by atoms with Gasteiger partial charge in [-0.1, -0.05) is 6.07 Å². The van der Waals surface area contributed by atoms with E-state index in [0.29, 0.717) is 0 Å². The molecule has 0 aliphatic rings.